The fourth-order valence-electron chi connectivity index (χ4n) is 1.69. The fourth-order valence-corrected chi connectivity index (χ4v) is 1.69. The molecule has 0 aliphatic rings. The van der Waals surface area contributed by atoms with Crippen molar-refractivity contribution in [2.24, 2.45) is 0 Å². The topological polar surface area (TPSA) is 48.2 Å². The highest BCUT2D eigenvalue weighted by atomic mass is 16.5. The van der Waals surface area contributed by atoms with Gasteiger partial charge in [0.15, 0.2) is 0 Å². The first-order valence-corrected chi connectivity index (χ1v) is 5.80. The highest BCUT2D eigenvalue weighted by Crippen LogP contribution is 2.13. The minimum Gasteiger partial charge on any atom is -0.493 e. The molecule has 4 heteroatoms. The highest BCUT2D eigenvalue weighted by Gasteiger charge is 2.05. The molecule has 1 aromatic carbocycles. The molecular weight excluding hydrogens is 228 g/mol. The number of para-hydroxylation sites is 1. The summed E-state index contributed by atoms with van der Waals surface area (Å²) in [6.45, 7) is 0.539. The molecule has 0 aliphatic heterocycles. The van der Waals surface area contributed by atoms with Crippen LogP contribution in [-0.2, 0) is 6.42 Å². The van der Waals surface area contributed by atoms with Gasteiger partial charge >= 0.3 is 0 Å². The Morgan fingerprint density at radius 3 is 2.78 bits per heavy atom. The Morgan fingerprint density at radius 2 is 1.94 bits per heavy atom. The molecule has 0 N–H and O–H groups in total. The van der Waals surface area contributed by atoms with Crippen molar-refractivity contribution in [2.75, 3.05) is 6.61 Å². The summed E-state index contributed by atoms with van der Waals surface area (Å²) in [4.78, 5) is 8.43. The zero-order chi connectivity index (χ0) is 12.2. The normalized spacial score (nSPS) is 10.7. The Balaban J connectivity index is 1.63. The number of benzene rings is 1. The number of pyridine rings is 1. The fraction of sp³-hybridized carbons (Fsp3) is 0.143. The lowest BCUT2D eigenvalue weighted by Gasteiger charge is -2.03. The molecule has 0 atom stereocenters. The minimum atomic E-state index is 0.539. The van der Waals surface area contributed by atoms with E-state index in [1.54, 1.807) is 6.20 Å². The third kappa shape index (κ3) is 2.32. The van der Waals surface area contributed by atoms with Gasteiger partial charge in [0, 0.05) is 6.20 Å². The van der Waals surface area contributed by atoms with Crippen molar-refractivity contribution in [1.82, 2.24) is 9.97 Å². The molecule has 0 fully saturated rings. The van der Waals surface area contributed by atoms with Crippen LogP contribution in [0, 0.1) is 0 Å². The number of aromatic nitrogens is 2. The van der Waals surface area contributed by atoms with E-state index < -0.39 is 0 Å². The molecule has 0 saturated heterocycles. The van der Waals surface area contributed by atoms with Crippen LogP contribution in [0.2, 0.25) is 0 Å². The monoisotopic (exact) mass is 240 g/mol. The van der Waals surface area contributed by atoms with E-state index in [4.69, 9.17) is 9.15 Å². The zero-order valence-electron chi connectivity index (χ0n) is 9.74. The molecule has 0 bridgehead atoms. The van der Waals surface area contributed by atoms with Crippen LogP contribution in [0.1, 0.15) is 5.89 Å². The Kier molecular flexibility index (Phi) is 2.92. The van der Waals surface area contributed by atoms with Crippen molar-refractivity contribution < 1.29 is 9.15 Å². The summed E-state index contributed by atoms with van der Waals surface area (Å²) in [6, 6.07) is 13.4. The highest BCUT2D eigenvalue weighted by molar-refractivity contribution is 5.67. The van der Waals surface area contributed by atoms with Crippen LogP contribution in [-0.4, -0.2) is 16.6 Å². The Hall–Kier alpha value is -2.36. The second kappa shape index (κ2) is 4.87. The van der Waals surface area contributed by atoms with E-state index in [0.29, 0.717) is 24.6 Å². The third-order valence-electron chi connectivity index (χ3n) is 2.54. The average Bonchev–Trinajstić information content (AvgIpc) is 2.82. The number of hydrogen-bond acceptors (Lipinski definition) is 4. The Labute approximate surface area is 104 Å². The molecule has 90 valence electrons. The molecule has 0 saturated carbocycles. The SMILES string of the molecule is c1ccc(OCCc2nc3cccnc3o2)cc1. The van der Waals surface area contributed by atoms with E-state index in [-0.39, 0.29) is 0 Å². The standard InChI is InChI=1S/C14H12N2O2/c1-2-5-11(6-3-1)17-10-8-13-16-12-7-4-9-15-14(12)18-13/h1-7,9H,8,10H2. The molecule has 2 heterocycles. The van der Waals surface area contributed by atoms with E-state index >= 15 is 0 Å². The minimum absolute atomic E-state index is 0.539. The molecule has 0 radical (unpaired) electrons. The van der Waals surface area contributed by atoms with E-state index in [0.717, 1.165) is 11.3 Å². The number of fused-ring (bicyclic) bond motifs is 1. The maximum atomic E-state index is 5.59. The van der Waals surface area contributed by atoms with E-state index in [2.05, 4.69) is 9.97 Å². The van der Waals surface area contributed by atoms with Crippen LogP contribution in [0.4, 0.5) is 0 Å². The predicted molar refractivity (Wildman–Crippen MR) is 67.4 cm³/mol. The van der Waals surface area contributed by atoms with E-state index in [9.17, 15) is 0 Å². The second-order valence-corrected chi connectivity index (χ2v) is 3.85. The molecule has 0 unspecified atom stereocenters. The Morgan fingerprint density at radius 1 is 1.06 bits per heavy atom. The van der Waals surface area contributed by atoms with Crippen molar-refractivity contribution in [3.63, 3.8) is 0 Å². The van der Waals surface area contributed by atoms with Gasteiger partial charge in [0.05, 0.1) is 13.0 Å². The van der Waals surface area contributed by atoms with E-state index in [1.807, 2.05) is 42.5 Å². The molecule has 2 aromatic heterocycles. The first-order valence-electron chi connectivity index (χ1n) is 5.80. The number of ether oxygens (including phenoxy) is 1. The average molecular weight is 240 g/mol. The second-order valence-electron chi connectivity index (χ2n) is 3.85. The molecule has 4 nitrogen and oxygen atoms in total. The summed E-state index contributed by atoms with van der Waals surface area (Å²) < 4.78 is 11.1. The van der Waals surface area contributed by atoms with Gasteiger partial charge in [-0.05, 0) is 24.3 Å². The van der Waals surface area contributed by atoms with Gasteiger partial charge in [-0.1, -0.05) is 18.2 Å². The van der Waals surface area contributed by atoms with Crippen LogP contribution in [0.5, 0.6) is 5.75 Å². The molecule has 0 amide bonds. The Bertz CT molecular complexity index is 601. The summed E-state index contributed by atoms with van der Waals surface area (Å²) in [5.41, 5.74) is 1.36. The number of oxazole rings is 1. The first kappa shape index (κ1) is 10.8. The summed E-state index contributed by atoms with van der Waals surface area (Å²) in [7, 11) is 0. The van der Waals surface area contributed by atoms with Crippen LogP contribution in [0.25, 0.3) is 11.2 Å². The van der Waals surface area contributed by atoms with Gasteiger partial charge in [-0.25, -0.2) is 9.97 Å². The number of nitrogens with zero attached hydrogens (tertiary/aromatic N) is 2. The number of rotatable bonds is 4. The van der Waals surface area contributed by atoms with Crippen molar-refractivity contribution in [3.8, 4) is 5.75 Å². The zero-order valence-corrected chi connectivity index (χ0v) is 9.74. The van der Waals surface area contributed by atoms with Crippen molar-refractivity contribution in [2.45, 2.75) is 6.42 Å². The quantitative estimate of drug-likeness (QED) is 0.703. The molecule has 3 rings (SSSR count). The maximum absolute atomic E-state index is 5.59. The molecular formula is C14H12N2O2. The summed E-state index contributed by atoms with van der Waals surface area (Å²) >= 11 is 0. The first-order chi connectivity index (χ1) is 8.92. The lowest BCUT2D eigenvalue weighted by molar-refractivity contribution is 0.308. The van der Waals surface area contributed by atoms with Gasteiger partial charge in [0.1, 0.15) is 11.3 Å². The van der Waals surface area contributed by atoms with Gasteiger partial charge in [0.2, 0.25) is 11.6 Å². The van der Waals surface area contributed by atoms with Crippen LogP contribution >= 0.6 is 0 Å². The lowest BCUT2D eigenvalue weighted by Crippen LogP contribution is -2.01. The summed E-state index contributed by atoms with van der Waals surface area (Å²) in [6.07, 6.45) is 2.32. The largest absolute Gasteiger partial charge is 0.493 e. The maximum Gasteiger partial charge on any atom is 0.246 e. The van der Waals surface area contributed by atoms with Crippen LogP contribution in [0.3, 0.4) is 0 Å². The van der Waals surface area contributed by atoms with Crippen molar-refractivity contribution >= 4 is 11.2 Å². The van der Waals surface area contributed by atoms with Gasteiger partial charge in [-0.15, -0.1) is 0 Å². The van der Waals surface area contributed by atoms with Gasteiger partial charge in [-0.3, -0.25) is 0 Å². The van der Waals surface area contributed by atoms with Gasteiger partial charge < -0.3 is 9.15 Å². The summed E-state index contributed by atoms with van der Waals surface area (Å²) in [5, 5.41) is 0. The number of hydrogen-bond donors (Lipinski definition) is 0. The van der Waals surface area contributed by atoms with Crippen molar-refractivity contribution in [3.05, 3.63) is 54.6 Å². The predicted octanol–water partition coefficient (Wildman–Crippen LogP) is 2.84. The third-order valence-corrected chi connectivity index (χ3v) is 2.54. The smallest absolute Gasteiger partial charge is 0.246 e. The molecule has 3 aromatic rings. The van der Waals surface area contributed by atoms with Crippen molar-refractivity contribution in [1.29, 1.82) is 0 Å². The molecule has 0 aliphatic carbocycles. The lowest BCUT2D eigenvalue weighted by atomic mass is 10.3. The van der Waals surface area contributed by atoms with E-state index in [1.165, 1.54) is 0 Å². The van der Waals surface area contributed by atoms with Crippen LogP contribution < -0.4 is 4.74 Å². The van der Waals surface area contributed by atoms with Gasteiger partial charge in [0.25, 0.3) is 0 Å². The van der Waals surface area contributed by atoms with Crippen LogP contribution in [0.15, 0.2) is 53.1 Å². The molecule has 0 spiro atoms. The molecule has 18 heavy (non-hydrogen) atoms. The van der Waals surface area contributed by atoms with Gasteiger partial charge in [-0.2, -0.15) is 0 Å². The summed E-state index contributed by atoms with van der Waals surface area (Å²) in [5.74, 6) is 1.51.